The molecule has 0 amide bonds. The van der Waals surface area contributed by atoms with E-state index in [0.717, 1.165) is 16.0 Å². The minimum absolute atomic E-state index is 0.145. The van der Waals surface area contributed by atoms with Crippen LogP contribution in [-0.2, 0) is 16.1 Å². The van der Waals surface area contributed by atoms with E-state index in [2.05, 4.69) is 4.99 Å². The monoisotopic (exact) mass is 516 g/mol. The molecule has 1 aliphatic rings. The molecule has 0 N–H and O–H groups in total. The maximum Gasteiger partial charge on any atom is 0.338 e. The Labute approximate surface area is 216 Å². The van der Waals surface area contributed by atoms with Gasteiger partial charge in [0, 0.05) is 10.4 Å². The normalized spacial score (nSPS) is 15.4. The average Bonchev–Trinajstić information content (AvgIpc) is 3.52. The molecule has 5 rings (SSSR count). The summed E-state index contributed by atoms with van der Waals surface area (Å²) < 4.78 is 13.5. The Morgan fingerprint density at radius 1 is 1.08 bits per heavy atom. The summed E-state index contributed by atoms with van der Waals surface area (Å²) >= 11 is 2.80. The first-order valence-electron chi connectivity index (χ1n) is 11.6. The summed E-state index contributed by atoms with van der Waals surface area (Å²) in [6, 6.07) is 20.4. The van der Waals surface area contributed by atoms with E-state index in [9.17, 15) is 9.59 Å². The number of hydrogen-bond acceptors (Lipinski definition) is 7. The van der Waals surface area contributed by atoms with Crippen molar-refractivity contribution in [3.63, 3.8) is 0 Å². The third-order valence-corrected chi connectivity index (χ3v) is 7.68. The molecule has 0 spiro atoms. The number of carbonyl (C=O) groups excluding carboxylic acids is 1. The molecule has 0 radical (unpaired) electrons. The van der Waals surface area contributed by atoms with Gasteiger partial charge in [0.1, 0.15) is 18.4 Å². The van der Waals surface area contributed by atoms with Gasteiger partial charge in [-0.15, -0.1) is 11.3 Å². The number of para-hydroxylation sites is 1. The van der Waals surface area contributed by atoms with Gasteiger partial charge in [0.2, 0.25) is 0 Å². The van der Waals surface area contributed by atoms with E-state index in [1.54, 1.807) is 11.5 Å². The van der Waals surface area contributed by atoms with Crippen LogP contribution >= 0.6 is 22.7 Å². The molecule has 0 saturated carbocycles. The van der Waals surface area contributed by atoms with Crippen molar-refractivity contribution in [1.29, 1.82) is 0 Å². The number of fused-ring (bicyclic) bond motifs is 1. The third-order valence-electron chi connectivity index (χ3n) is 5.77. The Hall–Kier alpha value is -3.75. The standard InChI is InChI=1S/C28H24N2O4S2/c1-3-33-21-13-8-7-12-20(21)16-23-26(31)30-25(22-14-9-15-35-22)24(18(2)29-28(30)36-23)27(32)34-17-19-10-5-4-6-11-19/h4-16,25H,3,17H2,1-2H3/b23-16-/t25-/m0/s1. The van der Waals surface area contributed by atoms with Crippen molar-refractivity contribution in [3.05, 3.63) is 119 Å². The molecule has 1 atom stereocenters. The predicted octanol–water partition coefficient (Wildman–Crippen LogP) is 4.44. The first kappa shape index (κ1) is 24.0. The second-order valence-corrected chi connectivity index (χ2v) is 10.1. The lowest BCUT2D eigenvalue weighted by Gasteiger charge is -2.23. The summed E-state index contributed by atoms with van der Waals surface area (Å²) in [5.74, 6) is 0.233. The summed E-state index contributed by atoms with van der Waals surface area (Å²) in [4.78, 5) is 33.2. The zero-order valence-electron chi connectivity index (χ0n) is 19.8. The van der Waals surface area contributed by atoms with Crippen LogP contribution in [-0.4, -0.2) is 17.1 Å². The second-order valence-electron chi connectivity index (χ2n) is 8.13. The largest absolute Gasteiger partial charge is 0.493 e. The molecular formula is C28H24N2O4S2. The van der Waals surface area contributed by atoms with Crippen molar-refractivity contribution in [3.8, 4) is 5.75 Å². The molecule has 3 heterocycles. The van der Waals surface area contributed by atoms with Crippen molar-refractivity contribution in [2.24, 2.45) is 4.99 Å². The molecule has 2 aromatic carbocycles. The molecule has 0 aliphatic carbocycles. The molecule has 2 aromatic heterocycles. The third kappa shape index (κ3) is 4.69. The van der Waals surface area contributed by atoms with Crippen molar-refractivity contribution in [2.75, 3.05) is 6.61 Å². The fourth-order valence-corrected chi connectivity index (χ4v) is 5.99. The molecule has 182 valence electrons. The van der Waals surface area contributed by atoms with E-state index >= 15 is 0 Å². The topological polar surface area (TPSA) is 69.9 Å². The summed E-state index contributed by atoms with van der Waals surface area (Å²) in [5.41, 5.74) is 2.43. The van der Waals surface area contributed by atoms with E-state index in [-0.39, 0.29) is 12.2 Å². The van der Waals surface area contributed by atoms with Gasteiger partial charge >= 0.3 is 5.97 Å². The molecule has 1 aliphatic heterocycles. The number of nitrogens with zero attached hydrogens (tertiary/aromatic N) is 2. The first-order valence-corrected chi connectivity index (χ1v) is 13.2. The van der Waals surface area contributed by atoms with Crippen LogP contribution in [0.2, 0.25) is 0 Å². The predicted molar refractivity (Wildman–Crippen MR) is 142 cm³/mol. The zero-order chi connectivity index (χ0) is 25.1. The number of esters is 1. The minimum Gasteiger partial charge on any atom is -0.493 e. The number of hydrogen-bond donors (Lipinski definition) is 0. The molecule has 0 saturated heterocycles. The Kier molecular flexibility index (Phi) is 6.97. The lowest BCUT2D eigenvalue weighted by atomic mass is 10.0. The maximum absolute atomic E-state index is 13.7. The summed E-state index contributed by atoms with van der Waals surface area (Å²) in [6.07, 6.45) is 1.83. The second kappa shape index (κ2) is 10.5. The number of allylic oxidation sites excluding steroid dienone is 1. The highest BCUT2D eigenvalue weighted by Crippen LogP contribution is 2.33. The summed E-state index contributed by atoms with van der Waals surface area (Å²) in [7, 11) is 0. The minimum atomic E-state index is -0.603. The fourth-order valence-electron chi connectivity index (χ4n) is 4.13. The number of aromatic nitrogens is 1. The van der Waals surface area contributed by atoms with Crippen LogP contribution in [0.4, 0.5) is 0 Å². The summed E-state index contributed by atoms with van der Waals surface area (Å²) in [6.45, 7) is 4.39. The van der Waals surface area contributed by atoms with E-state index in [0.29, 0.717) is 33.0 Å². The van der Waals surface area contributed by atoms with Crippen LogP contribution in [0, 0.1) is 0 Å². The lowest BCUT2D eigenvalue weighted by Crippen LogP contribution is -2.39. The number of benzene rings is 2. The highest BCUT2D eigenvalue weighted by atomic mass is 32.1. The van der Waals surface area contributed by atoms with E-state index in [1.165, 1.54) is 22.7 Å². The molecule has 4 aromatic rings. The van der Waals surface area contributed by atoms with Gasteiger partial charge in [0.05, 0.1) is 22.4 Å². The Bertz CT molecular complexity index is 1600. The van der Waals surface area contributed by atoms with Crippen LogP contribution in [0.15, 0.2) is 93.2 Å². The Morgan fingerprint density at radius 3 is 2.61 bits per heavy atom. The van der Waals surface area contributed by atoms with Gasteiger partial charge in [-0.3, -0.25) is 9.36 Å². The SMILES string of the molecule is CCOc1ccccc1/C=c1\sc2n(c1=O)[C@@H](c1cccs1)C(C(=O)OCc1ccccc1)=C(C)N=2. The van der Waals surface area contributed by atoms with Gasteiger partial charge in [-0.2, -0.15) is 0 Å². The zero-order valence-corrected chi connectivity index (χ0v) is 21.5. The van der Waals surface area contributed by atoms with Crippen molar-refractivity contribution in [1.82, 2.24) is 4.57 Å². The van der Waals surface area contributed by atoms with Crippen molar-refractivity contribution in [2.45, 2.75) is 26.5 Å². The smallest absolute Gasteiger partial charge is 0.338 e. The van der Waals surface area contributed by atoms with Crippen LogP contribution < -0.4 is 19.6 Å². The number of thiazole rings is 1. The van der Waals surface area contributed by atoms with Crippen molar-refractivity contribution >= 4 is 34.7 Å². The van der Waals surface area contributed by atoms with Gasteiger partial charge in [-0.05, 0) is 43.0 Å². The molecule has 0 fully saturated rings. The Morgan fingerprint density at radius 2 is 1.86 bits per heavy atom. The van der Waals surface area contributed by atoms with Crippen molar-refractivity contribution < 1.29 is 14.3 Å². The number of rotatable bonds is 7. The molecule has 0 bridgehead atoms. The highest BCUT2D eigenvalue weighted by Gasteiger charge is 2.34. The van der Waals surface area contributed by atoms with Gasteiger partial charge in [-0.1, -0.05) is 65.9 Å². The van der Waals surface area contributed by atoms with E-state index < -0.39 is 12.0 Å². The van der Waals surface area contributed by atoms with Gasteiger partial charge in [0.15, 0.2) is 4.80 Å². The average molecular weight is 517 g/mol. The molecule has 36 heavy (non-hydrogen) atoms. The van der Waals surface area contributed by atoms with E-state index in [1.807, 2.05) is 85.1 Å². The lowest BCUT2D eigenvalue weighted by molar-refractivity contribution is -0.140. The molecular weight excluding hydrogens is 492 g/mol. The maximum atomic E-state index is 13.7. The number of carbonyl (C=O) groups is 1. The van der Waals surface area contributed by atoms with Crippen LogP contribution in [0.5, 0.6) is 5.75 Å². The fraction of sp³-hybridized carbons (Fsp3) is 0.179. The Balaban J connectivity index is 1.59. The van der Waals surface area contributed by atoms with Crippen LogP contribution in [0.1, 0.15) is 35.9 Å². The highest BCUT2D eigenvalue weighted by molar-refractivity contribution is 7.10. The molecule has 0 unspecified atom stereocenters. The van der Waals surface area contributed by atoms with Gasteiger partial charge in [-0.25, -0.2) is 9.79 Å². The first-order chi connectivity index (χ1) is 17.6. The van der Waals surface area contributed by atoms with E-state index in [4.69, 9.17) is 9.47 Å². The van der Waals surface area contributed by atoms with Gasteiger partial charge < -0.3 is 9.47 Å². The number of thiophene rings is 1. The van der Waals surface area contributed by atoms with Crippen LogP contribution in [0.3, 0.4) is 0 Å². The molecule has 6 nitrogen and oxygen atoms in total. The molecule has 8 heteroatoms. The quantitative estimate of drug-likeness (QED) is 0.341. The van der Waals surface area contributed by atoms with Gasteiger partial charge in [0.25, 0.3) is 5.56 Å². The van der Waals surface area contributed by atoms with Crippen LogP contribution in [0.25, 0.3) is 6.08 Å². The summed E-state index contributed by atoms with van der Waals surface area (Å²) in [5, 5.41) is 1.94. The number of ether oxygens (including phenoxy) is 2.